The lowest BCUT2D eigenvalue weighted by Crippen LogP contribution is -2.43. The molecule has 8 heteroatoms. The maximum absolute atomic E-state index is 13.8. The van der Waals surface area contributed by atoms with Gasteiger partial charge in [-0.05, 0) is 48.4 Å². The molecule has 1 saturated heterocycles. The quantitative estimate of drug-likeness (QED) is 0.430. The van der Waals surface area contributed by atoms with Crippen molar-refractivity contribution in [2.75, 3.05) is 19.6 Å². The number of piperidine rings is 1. The fraction of sp³-hybridized carbons (Fsp3) is 0.259. The standard InChI is InChI=1S/C27H24ClF2N3OS/c28-20-8-5-18(6-9-20)11-14-31-26(34)19-7-10-24-22(17-19)32-25(21-3-1-2-4-23(21)35-24)33-15-12-27(29,30)13-16-33/h1-10,17H,11-16H2,(H,31,34). The predicted octanol–water partition coefficient (Wildman–Crippen LogP) is 6.59. The van der Waals surface area contributed by atoms with E-state index in [0.717, 1.165) is 20.9 Å². The van der Waals surface area contributed by atoms with E-state index in [0.29, 0.717) is 35.1 Å². The number of carbonyl (C=O) groups excluding carboxylic acids is 1. The predicted molar refractivity (Wildman–Crippen MR) is 136 cm³/mol. The Kier molecular flexibility index (Phi) is 6.80. The normalized spacial score (nSPS) is 16.5. The number of nitrogens with zero attached hydrogens (tertiary/aromatic N) is 2. The van der Waals surface area contributed by atoms with Crippen LogP contribution in [0.5, 0.6) is 0 Å². The molecule has 2 heterocycles. The maximum Gasteiger partial charge on any atom is 0.251 e. The average Bonchev–Trinajstić information content (AvgIpc) is 3.01. The Balaban J connectivity index is 1.37. The highest BCUT2D eigenvalue weighted by Crippen LogP contribution is 2.42. The fourth-order valence-electron chi connectivity index (χ4n) is 4.23. The Hall–Kier alpha value is -2.90. The summed E-state index contributed by atoms with van der Waals surface area (Å²) in [6, 6.07) is 20.9. The summed E-state index contributed by atoms with van der Waals surface area (Å²) < 4.78 is 27.6. The van der Waals surface area contributed by atoms with Crippen molar-refractivity contribution in [2.24, 2.45) is 4.99 Å². The molecule has 3 aromatic rings. The van der Waals surface area contributed by atoms with E-state index in [4.69, 9.17) is 16.6 Å². The number of fused-ring (bicyclic) bond motifs is 2. The van der Waals surface area contributed by atoms with Crippen molar-refractivity contribution >= 4 is 40.8 Å². The molecular weight excluding hydrogens is 488 g/mol. The van der Waals surface area contributed by atoms with Crippen LogP contribution in [0, 0.1) is 0 Å². The molecule has 1 N–H and O–H groups in total. The van der Waals surface area contributed by atoms with E-state index in [1.807, 2.05) is 59.5 Å². The molecule has 0 aliphatic carbocycles. The van der Waals surface area contributed by atoms with E-state index >= 15 is 0 Å². The monoisotopic (exact) mass is 511 g/mol. The first-order valence-corrected chi connectivity index (χ1v) is 12.7. The number of likely N-dealkylation sites (tertiary alicyclic amines) is 1. The van der Waals surface area contributed by atoms with Gasteiger partial charge in [-0.15, -0.1) is 0 Å². The van der Waals surface area contributed by atoms with Crippen LogP contribution >= 0.6 is 23.4 Å². The summed E-state index contributed by atoms with van der Waals surface area (Å²) in [6.45, 7) is 0.977. The molecule has 3 aromatic carbocycles. The molecule has 0 atom stereocenters. The summed E-state index contributed by atoms with van der Waals surface area (Å²) in [7, 11) is 0. The van der Waals surface area contributed by atoms with E-state index in [2.05, 4.69) is 5.32 Å². The number of amidine groups is 1. The second kappa shape index (κ2) is 9.99. The molecule has 1 fully saturated rings. The highest BCUT2D eigenvalue weighted by molar-refractivity contribution is 7.99. The van der Waals surface area contributed by atoms with Crippen molar-refractivity contribution in [3.63, 3.8) is 0 Å². The van der Waals surface area contributed by atoms with E-state index in [-0.39, 0.29) is 31.8 Å². The molecule has 0 unspecified atom stereocenters. The van der Waals surface area contributed by atoms with Gasteiger partial charge >= 0.3 is 0 Å². The van der Waals surface area contributed by atoms with Crippen molar-refractivity contribution < 1.29 is 13.6 Å². The number of halogens is 3. The second-order valence-corrected chi connectivity index (χ2v) is 10.2. The third-order valence-corrected chi connectivity index (χ3v) is 7.60. The van der Waals surface area contributed by atoms with Gasteiger partial charge in [-0.25, -0.2) is 13.8 Å². The number of hydrogen-bond donors (Lipinski definition) is 1. The Morgan fingerprint density at radius 1 is 1.03 bits per heavy atom. The Morgan fingerprint density at radius 2 is 1.77 bits per heavy atom. The van der Waals surface area contributed by atoms with Crippen molar-refractivity contribution in [1.29, 1.82) is 0 Å². The van der Waals surface area contributed by atoms with Gasteiger partial charge in [-0.3, -0.25) is 4.79 Å². The van der Waals surface area contributed by atoms with Crippen LogP contribution in [0.4, 0.5) is 14.5 Å². The smallest absolute Gasteiger partial charge is 0.251 e. The Bertz CT molecular complexity index is 1270. The molecule has 35 heavy (non-hydrogen) atoms. The topological polar surface area (TPSA) is 44.7 Å². The van der Waals surface area contributed by atoms with Crippen LogP contribution in [-0.2, 0) is 6.42 Å². The zero-order chi connectivity index (χ0) is 24.4. The molecule has 0 bridgehead atoms. The second-order valence-electron chi connectivity index (χ2n) is 8.69. The number of aliphatic imine (C=N–C) groups is 1. The van der Waals surface area contributed by atoms with Gasteiger partial charge in [0.2, 0.25) is 0 Å². The summed E-state index contributed by atoms with van der Waals surface area (Å²) in [5.41, 5.74) is 3.20. The Morgan fingerprint density at radius 3 is 2.54 bits per heavy atom. The van der Waals surface area contributed by atoms with Crippen LogP contribution < -0.4 is 5.32 Å². The lowest BCUT2D eigenvalue weighted by Gasteiger charge is -2.34. The van der Waals surface area contributed by atoms with Crippen LogP contribution in [0.3, 0.4) is 0 Å². The minimum absolute atomic E-state index is 0.178. The van der Waals surface area contributed by atoms with Crippen LogP contribution in [0.2, 0.25) is 5.02 Å². The number of amides is 1. The SMILES string of the molecule is O=C(NCCc1ccc(Cl)cc1)c1ccc2c(c1)N=C(N1CCC(F)(F)CC1)c1ccccc1S2. The summed E-state index contributed by atoms with van der Waals surface area (Å²) in [6.07, 6.45) is 0.315. The van der Waals surface area contributed by atoms with Gasteiger partial charge in [0.25, 0.3) is 11.8 Å². The molecule has 0 radical (unpaired) electrons. The van der Waals surface area contributed by atoms with Gasteiger partial charge in [0.1, 0.15) is 5.84 Å². The first kappa shape index (κ1) is 23.8. The largest absolute Gasteiger partial charge is 0.356 e. The molecule has 0 aromatic heterocycles. The number of hydrogen-bond acceptors (Lipinski definition) is 4. The lowest BCUT2D eigenvalue weighted by molar-refractivity contribution is -0.0433. The summed E-state index contributed by atoms with van der Waals surface area (Å²) in [5.74, 6) is -2.13. The fourth-order valence-corrected chi connectivity index (χ4v) is 5.35. The van der Waals surface area contributed by atoms with Crippen LogP contribution in [-0.4, -0.2) is 42.2 Å². The minimum atomic E-state index is -2.63. The number of alkyl halides is 2. The van der Waals surface area contributed by atoms with Gasteiger partial charge in [0, 0.05) is 58.4 Å². The number of carbonyl (C=O) groups is 1. The molecule has 2 aliphatic heterocycles. The van der Waals surface area contributed by atoms with E-state index in [1.54, 1.807) is 23.9 Å². The van der Waals surface area contributed by atoms with Crippen LogP contribution in [0.15, 0.2) is 81.5 Å². The number of rotatable bonds is 4. The first-order chi connectivity index (χ1) is 16.9. The molecule has 2 aliphatic rings. The van der Waals surface area contributed by atoms with Gasteiger partial charge in [-0.2, -0.15) is 0 Å². The highest BCUT2D eigenvalue weighted by atomic mass is 35.5. The average molecular weight is 512 g/mol. The van der Waals surface area contributed by atoms with Gasteiger partial charge in [0.05, 0.1) is 5.69 Å². The summed E-state index contributed by atoms with van der Waals surface area (Å²) >= 11 is 7.51. The molecule has 5 rings (SSSR count). The first-order valence-electron chi connectivity index (χ1n) is 11.5. The van der Waals surface area contributed by atoms with Crippen molar-refractivity contribution in [1.82, 2.24) is 10.2 Å². The lowest BCUT2D eigenvalue weighted by atomic mass is 10.0. The molecular formula is C27H24ClF2N3OS. The van der Waals surface area contributed by atoms with E-state index < -0.39 is 5.92 Å². The molecule has 4 nitrogen and oxygen atoms in total. The number of benzene rings is 3. The van der Waals surface area contributed by atoms with Crippen LogP contribution in [0.25, 0.3) is 0 Å². The third kappa shape index (κ3) is 5.52. The number of nitrogens with one attached hydrogen (secondary N) is 1. The van der Waals surface area contributed by atoms with Crippen molar-refractivity contribution in [3.05, 3.63) is 88.4 Å². The zero-order valence-corrected chi connectivity index (χ0v) is 20.5. The zero-order valence-electron chi connectivity index (χ0n) is 18.9. The summed E-state index contributed by atoms with van der Waals surface area (Å²) in [4.78, 5) is 21.6. The minimum Gasteiger partial charge on any atom is -0.356 e. The van der Waals surface area contributed by atoms with Crippen LogP contribution in [0.1, 0.15) is 34.3 Å². The van der Waals surface area contributed by atoms with E-state index in [1.165, 1.54) is 0 Å². The molecule has 0 spiro atoms. The maximum atomic E-state index is 13.8. The van der Waals surface area contributed by atoms with Gasteiger partial charge < -0.3 is 10.2 Å². The van der Waals surface area contributed by atoms with E-state index in [9.17, 15) is 13.6 Å². The third-order valence-electron chi connectivity index (χ3n) is 6.20. The van der Waals surface area contributed by atoms with Crippen molar-refractivity contribution in [3.8, 4) is 0 Å². The van der Waals surface area contributed by atoms with Gasteiger partial charge in [-0.1, -0.05) is 53.7 Å². The van der Waals surface area contributed by atoms with Gasteiger partial charge in [0.15, 0.2) is 0 Å². The Labute approximate surface area is 212 Å². The highest BCUT2D eigenvalue weighted by Gasteiger charge is 2.36. The molecule has 0 saturated carbocycles. The molecule has 180 valence electrons. The molecule has 1 amide bonds. The summed E-state index contributed by atoms with van der Waals surface area (Å²) in [5, 5.41) is 3.65. The van der Waals surface area contributed by atoms with Crippen molar-refractivity contribution in [2.45, 2.75) is 35.0 Å².